The Morgan fingerprint density at radius 1 is 1.32 bits per heavy atom. The molecule has 0 spiro atoms. The van der Waals surface area contributed by atoms with Crippen molar-refractivity contribution < 1.29 is 9.90 Å². The number of hydrogen-bond donors (Lipinski definition) is 2. The Morgan fingerprint density at radius 2 is 2.05 bits per heavy atom. The highest BCUT2D eigenvalue weighted by atomic mass is 16.3. The summed E-state index contributed by atoms with van der Waals surface area (Å²) in [5.74, 6) is -0.284. The number of aromatic nitrogens is 2. The van der Waals surface area contributed by atoms with E-state index in [2.05, 4.69) is 15.3 Å². The molecule has 2 rings (SSSR count). The van der Waals surface area contributed by atoms with Gasteiger partial charge in [0, 0.05) is 24.4 Å². The van der Waals surface area contributed by atoms with Gasteiger partial charge in [-0.3, -0.25) is 9.78 Å². The van der Waals surface area contributed by atoms with E-state index < -0.39 is 11.5 Å². The van der Waals surface area contributed by atoms with Gasteiger partial charge in [-0.05, 0) is 18.9 Å². The summed E-state index contributed by atoms with van der Waals surface area (Å²) in [5.41, 5.74) is 0.939. The molecule has 22 heavy (non-hydrogen) atoms. The number of carbonyl (C=O) groups excluding carboxylic acids is 1. The summed E-state index contributed by atoms with van der Waals surface area (Å²) in [5, 5.41) is 13.0. The van der Waals surface area contributed by atoms with E-state index in [1.807, 2.05) is 37.3 Å². The first-order valence-corrected chi connectivity index (χ1v) is 7.27. The number of nitrogens with zero attached hydrogens (tertiary/aromatic N) is 2. The van der Waals surface area contributed by atoms with Crippen molar-refractivity contribution in [3.63, 3.8) is 0 Å². The first-order chi connectivity index (χ1) is 10.5. The third-order valence-electron chi connectivity index (χ3n) is 3.91. The molecule has 1 heterocycles. The first-order valence-electron chi connectivity index (χ1n) is 7.27. The zero-order valence-electron chi connectivity index (χ0n) is 12.9. The smallest absolute Gasteiger partial charge is 0.271 e. The van der Waals surface area contributed by atoms with Crippen molar-refractivity contribution in [1.29, 1.82) is 0 Å². The monoisotopic (exact) mass is 299 g/mol. The Balaban J connectivity index is 2.04. The molecule has 0 saturated heterocycles. The maximum Gasteiger partial charge on any atom is 0.271 e. The van der Waals surface area contributed by atoms with Gasteiger partial charge in [-0.1, -0.05) is 37.3 Å². The molecule has 2 aromatic rings. The number of carbonyl (C=O) groups is 1. The van der Waals surface area contributed by atoms with Gasteiger partial charge >= 0.3 is 0 Å². The minimum Gasteiger partial charge on any atom is -0.393 e. The molecule has 1 aromatic heterocycles. The Bertz CT molecular complexity index is 602. The van der Waals surface area contributed by atoms with Crippen LogP contribution in [-0.4, -0.2) is 33.6 Å². The molecule has 116 valence electrons. The largest absolute Gasteiger partial charge is 0.393 e. The number of rotatable bonds is 6. The van der Waals surface area contributed by atoms with Gasteiger partial charge in [0.25, 0.3) is 5.91 Å². The van der Waals surface area contributed by atoms with Crippen LogP contribution in [0.3, 0.4) is 0 Å². The molecule has 0 bridgehead atoms. The predicted molar refractivity (Wildman–Crippen MR) is 84.3 cm³/mol. The van der Waals surface area contributed by atoms with Gasteiger partial charge in [-0.25, -0.2) is 4.98 Å². The topological polar surface area (TPSA) is 75.1 Å². The molecule has 0 aliphatic rings. The Labute approximate surface area is 130 Å². The van der Waals surface area contributed by atoms with Crippen LogP contribution in [0.5, 0.6) is 0 Å². The highest BCUT2D eigenvalue weighted by molar-refractivity contribution is 5.91. The zero-order valence-corrected chi connectivity index (χ0v) is 12.9. The molecule has 1 amide bonds. The van der Waals surface area contributed by atoms with E-state index in [9.17, 15) is 9.90 Å². The van der Waals surface area contributed by atoms with E-state index in [1.165, 1.54) is 18.6 Å². The summed E-state index contributed by atoms with van der Waals surface area (Å²) in [6.45, 7) is 4.06. The number of aliphatic hydroxyl groups excluding tert-OH is 1. The van der Waals surface area contributed by atoms with Gasteiger partial charge in [0.15, 0.2) is 0 Å². The molecule has 5 nitrogen and oxygen atoms in total. The number of hydrogen-bond acceptors (Lipinski definition) is 4. The SMILES string of the molecule is C[C@H](O)[C@@](C)(CNC(=O)c1cnccn1)Cc1ccccc1. The fourth-order valence-electron chi connectivity index (χ4n) is 2.21. The molecule has 0 saturated carbocycles. The average molecular weight is 299 g/mol. The number of aliphatic hydroxyl groups is 1. The molecule has 0 fully saturated rings. The van der Waals surface area contributed by atoms with Gasteiger partial charge in [-0.2, -0.15) is 0 Å². The first kappa shape index (κ1) is 16.1. The quantitative estimate of drug-likeness (QED) is 0.853. The summed E-state index contributed by atoms with van der Waals surface area (Å²) in [7, 11) is 0. The van der Waals surface area contributed by atoms with E-state index in [-0.39, 0.29) is 11.6 Å². The van der Waals surface area contributed by atoms with Crippen LogP contribution in [0.1, 0.15) is 29.9 Å². The predicted octanol–water partition coefficient (Wildman–Crippen LogP) is 1.84. The van der Waals surface area contributed by atoms with E-state index in [4.69, 9.17) is 0 Å². The average Bonchev–Trinajstić information content (AvgIpc) is 2.54. The van der Waals surface area contributed by atoms with Crippen LogP contribution in [0.2, 0.25) is 0 Å². The van der Waals surface area contributed by atoms with E-state index >= 15 is 0 Å². The third-order valence-corrected chi connectivity index (χ3v) is 3.91. The van der Waals surface area contributed by atoms with Crippen LogP contribution in [0.4, 0.5) is 0 Å². The lowest BCUT2D eigenvalue weighted by molar-refractivity contribution is 0.0499. The van der Waals surface area contributed by atoms with E-state index in [0.29, 0.717) is 13.0 Å². The van der Waals surface area contributed by atoms with Gasteiger partial charge in [0.1, 0.15) is 5.69 Å². The van der Waals surface area contributed by atoms with Crippen LogP contribution in [-0.2, 0) is 6.42 Å². The van der Waals surface area contributed by atoms with Gasteiger partial charge in [0.2, 0.25) is 0 Å². The van der Waals surface area contributed by atoms with Crippen LogP contribution in [0, 0.1) is 5.41 Å². The fourth-order valence-corrected chi connectivity index (χ4v) is 2.21. The molecule has 0 unspecified atom stereocenters. The zero-order chi connectivity index (χ0) is 16.0. The summed E-state index contributed by atoms with van der Waals surface area (Å²) in [6, 6.07) is 9.93. The molecule has 2 atom stereocenters. The lowest BCUT2D eigenvalue weighted by atomic mass is 9.79. The summed E-state index contributed by atoms with van der Waals surface area (Å²) >= 11 is 0. The lowest BCUT2D eigenvalue weighted by Crippen LogP contribution is -2.44. The van der Waals surface area contributed by atoms with E-state index in [1.54, 1.807) is 6.92 Å². The summed E-state index contributed by atoms with van der Waals surface area (Å²) < 4.78 is 0. The highest BCUT2D eigenvalue weighted by Gasteiger charge is 2.31. The van der Waals surface area contributed by atoms with Crippen molar-refractivity contribution in [2.24, 2.45) is 5.41 Å². The standard InChI is InChI=1S/C17H21N3O2/c1-13(21)17(2,10-14-6-4-3-5-7-14)12-20-16(22)15-11-18-8-9-19-15/h3-9,11,13,21H,10,12H2,1-2H3,(H,20,22)/t13-,17+/m0/s1. The fraction of sp³-hybridized carbons (Fsp3) is 0.353. The second kappa shape index (κ2) is 7.13. The van der Waals surface area contributed by atoms with Gasteiger partial charge in [-0.15, -0.1) is 0 Å². The van der Waals surface area contributed by atoms with Crippen molar-refractivity contribution in [3.8, 4) is 0 Å². The molecule has 1 aromatic carbocycles. The van der Waals surface area contributed by atoms with Crippen molar-refractivity contribution in [2.75, 3.05) is 6.54 Å². The lowest BCUT2D eigenvalue weighted by Gasteiger charge is -2.33. The molecule has 0 radical (unpaired) electrons. The molecule has 2 N–H and O–H groups in total. The molecule has 5 heteroatoms. The Hall–Kier alpha value is -2.27. The highest BCUT2D eigenvalue weighted by Crippen LogP contribution is 2.26. The summed E-state index contributed by atoms with van der Waals surface area (Å²) in [6.07, 6.45) is 4.53. The molecule has 0 aliphatic carbocycles. The van der Waals surface area contributed by atoms with Crippen LogP contribution in [0.25, 0.3) is 0 Å². The van der Waals surface area contributed by atoms with Crippen molar-refractivity contribution in [1.82, 2.24) is 15.3 Å². The molecule has 0 aliphatic heterocycles. The maximum absolute atomic E-state index is 12.1. The normalized spacial score (nSPS) is 14.9. The minimum atomic E-state index is -0.560. The Morgan fingerprint density at radius 3 is 2.64 bits per heavy atom. The van der Waals surface area contributed by atoms with Gasteiger partial charge in [0.05, 0.1) is 12.3 Å². The maximum atomic E-state index is 12.1. The van der Waals surface area contributed by atoms with Crippen LogP contribution < -0.4 is 5.32 Å². The van der Waals surface area contributed by atoms with Gasteiger partial charge < -0.3 is 10.4 Å². The van der Waals surface area contributed by atoms with Crippen molar-refractivity contribution in [2.45, 2.75) is 26.4 Å². The van der Waals surface area contributed by atoms with Crippen molar-refractivity contribution >= 4 is 5.91 Å². The van der Waals surface area contributed by atoms with Crippen LogP contribution >= 0.6 is 0 Å². The second-order valence-electron chi connectivity index (χ2n) is 5.77. The minimum absolute atomic E-state index is 0.273. The molecular weight excluding hydrogens is 278 g/mol. The van der Waals surface area contributed by atoms with Crippen LogP contribution in [0.15, 0.2) is 48.9 Å². The van der Waals surface area contributed by atoms with E-state index in [0.717, 1.165) is 5.56 Å². The Kier molecular flexibility index (Phi) is 5.22. The third kappa shape index (κ3) is 4.11. The molecular formula is C17H21N3O2. The second-order valence-corrected chi connectivity index (χ2v) is 5.77. The number of benzene rings is 1. The van der Waals surface area contributed by atoms with Crippen molar-refractivity contribution in [3.05, 3.63) is 60.2 Å². The summed E-state index contributed by atoms with van der Waals surface area (Å²) in [4.78, 5) is 19.9. The number of amides is 1. The number of nitrogens with one attached hydrogen (secondary N) is 1.